The van der Waals surface area contributed by atoms with E-state index in [-0.39, 0.29) is 6.42 Å². The minimum atomic E-state index is -2.92. The van der Waals surface area contributed by atoms with Crippen LogP contribution >= 0.6 is 0 Å². The van der Waals surface area contributed by atoms with Gasteiger partial charge in [-0.25, -0.2) is 0 Å². The number of aldehydes is 1. The zero-order chi connectivity index (χ0) is 11.6. The first-order valence-electron chi connectivity index (χ1n) is 5.50. The van der Waals surface area contributed by atoms with Crippen molar-refractivity contribution in [3.63, 3.8) is 0 Å². The highest BCUT2D eigenvalue weighted by Crippen LogP contribution is 1.99. The summed E-state index contributed by atoms with van der Waals surface area (Å²) in [7, 11) is 0. The van der Waals surface area contributed by atoms with Gasteiger partial charge in [0.15, 0.2) is 0 Å². The lowest BCUT2D eigenvalue weighted by Crippen LogP contribution is -1.85. The fraction of sp³-hybridized carbons (Fsp3) is 0.833. The Morgan fingerprint density at radius 1 is 2.00 bits per heavy atom. The van der Waals surface area contributed by atoms with Crippen LogP contribution in [0.5, 0.6) is 0 Å². The Morgan fingerprint density at radius 2 is 2.71 bits per heavy atom. The van der Waals surface area contributed by atoms with E-state index in [1.54, 1.807) is 0 Å². The van der Waals surface area contributed by atoms with Crippen molar-refractivity contribution in [2.24, 2.45) is 5.89 Å². The van der Waals surface area contributed by atoms with Crippen LogP contribution in [0.3, 0.4) is 0 Å². The predicted octanol–water partition coefficient (Wildman–Crippen LogP) is 1.62. The quantitative estimate of drug-likeness (QED) is 0.501. The van der Waals surface area contributed by atoms with Crippen molar-refractivity contribution in [1.82, 2.24) is 0 Å². The Bertz CT molecular complexity index is 189. The smallest absolute Gasteiger partial charge is 0.120 e. The van der Waals surface area contributed by atoms with E-state index < -0.39 is 26.0 Å². The van der Waals surface area contributed by atoms with Gasteiger partial charge < -0.3 is 4.79 Å². The van der Waals surface area contributed by atoms with E-state index >= 15 is 0 Å². The molecule has 42 valence electrons. The summed E-state index contributed by atoms with van der Waals surface area (Å²) in [6.07, 6.45) is -0.301. The minimum absolute atomic E-state index is 0.236. The summed E-state index contributed by atoms with van der Waals surface area (Å²) in [5, 5.41) is 0. The van der Waals surface area contributed by atoms with E-state index in [0.29, 0.717) is 6.29 Å². The molecule has 0 saturated heterocycles. The average molecular weight is 107 g/mol. The number of hydrogen-bond donors (Lipinski definition) is 0. The van der Waals surface area contributed by atoms with Gasteiger partial charge in [-0.1, -0.05) is 13.7 Å². The maximum atomic E-state index is 10.1. The van der Waals surface area contributed by atoms with Crippen LogP contribution in [0.25, 0.3) is 0 Å². The molecule has 0 aromatic rings. The molecule has 0 saturated carbocycles. The second kappa shape index (κ2) is 3.85. The highest BCUT2D eigenvalue weighted by atomic mass is 16.1. The van der Waals surface area contributed by atoms with E-state index in [2.05, 4.69) is 0 Å². The molecule has 0 rings (SSSR count). The van der Waals surface area contributed by atoms with Crippen LogP contribution in [-0.2, 0) is 4.79 Å². The monoisotopic (exact) mass is 107 g/mol. The molecule has 0 aliphatic carbocycles. The summed E-state index contributed by atoms with van der Waals surface area (Å²) in [6.45, 7) is -5.83. The molecule has 7 heavy (non-hydrogen) atoms. The van der Waals surface area contributed by atoms with Gasteiger partial charge in [-0.3, -0.25) is 0 Å². The molecule has 0 aliphatic rings. The molecule has 0 fully saturated rings. The SMILES string of the molecule is [2H]C([2H])([2H])C([2H])(CCC=O)C([2H])([2H])[2H]. The summed E-state index contributed by atoms with van der Waals surface area (Å²) in [5.41, 5.74) is 0. The molecule has 0 N–H and O–H groups in total. The summed E-state index contributed by atoms with van der Waals surface area (Å²) >= 11 is 0. The van der Waals surface area contributed by atoms with Crippen molar-refractivity contribution in [1.29, 1.82) is 0 Å². The molecule has 0 amide bonds. The third-order valence-electron chi connectivity index (χ3n) is 0.512. The maximum Gasteiger partial charge on any atom is 0.120 e. The summed E-state index contributed by atoms with van der Waals surface area (Å²) in [5.74, 6) is -2.55. The number of carbonyl (C=O) groups excluding carboxylic acids is 1. The molecule has 1 heteroatoms. The fourth-order valence-electron chi connectivity index (χ4n) is 0.203. The van der Waals surface area contributed by atoms with Crippen LogP contribution in [0.2, 0.25) is 0 Å². The van der Waals surface area contributed by atoms with Gasteiger partial charge >= 0.3 is 0 Å². The van der Waals surface area contributed by atoms with Gasteiger partial charge in [0.1, 0.15) is 6.29 Å². The molecule has 0 bridgehead atoms. The van der Waals surface area contributed by atoms with Crippen LogP contribution in [0.1, 0.15) is 36.1 Å². The van der Waals surface area contributed by atoms with Gasteiger partial charge in [-0.05, 0) is 12.3 Å². The number of rotatable bonds is 3. The minimum Gasteiger partial charge on any atom is -0.303 e. The first-order valence-corrected chi connectivity index (χ1v) is 2.00. The Labute approximate surface area is 54.6 Å². The van der Waals surface area contributed by atoms with E-state index in [4.69, 9.17) is 9.60 Å². The first-order chi connectivity index (χ1) is 6.06. The van der Waals surface area contributed by atoms with Crippen LogP contribution in [-0.4, -0.2) is 6.29 Å². The lowest BCUT2D eigenvalue weighted by Gasteiger charge is -1.95. The van der Waals surface area contributed by atoms with E-state index in [1.807, 2.05) is 0 Å². The maximum absolute atomic E-state index is 10.1. The lowest BCUT2D eigenvalue weighted by molar-refractivity contribution is -0.108. The highest BCUT2D eigenvalue weighted by Gasteiger charge is 1.88. The molecule has 0 aromatic carbocycles. The van der Waals surface area contributed by atoms with Crippen molar-refractivity contribution in [2.45, 2.75) is 26.5 Å². The Morgan fingerprint density at radius 3 is 3.14 bits per heavy atom. The van der Waals surface area contributed by atoms with E-state index in [0.717, 1.165) is 0 Å². The molecule has 0 heterocycles. The van der Waals surface area contributed by atoms with Crippen molar-refractivity contribution in [3.8, 4) is 0 Å². The highest BCUT2D eigenvalue weighted by molar-refractivity contribution is 5.48. The van der Waals surface area contributed by atoms with Crippen LogP contribution in [0.4, 0.5) is 0 Å². The van der Waals surface area contributed by atoms with Gasteiger partial charge in [-0.2, -0.15) is 0 Å². The number of hydrogen-bond acceptors (Lipinski definition) is 1. The van der Waals surface area contributed by atoms with E-state index in [1.165, 1.54) is 0 Å². The van der Waals surface area contributed by atoms with Crippen molar-refractivity contribution in [2.75, 3.05) is 0 Å². The lowest BCUT2D eigenvalue weighted by atomic mass is 10.1. The molecule has 0 unspecified atom stereocenters. The molecular formula is C6H12O. The second-order valence-corrected chi connectivity index (χ2v) is 1.18. The van der Waals surface area contributed by atoms with Gasteiger partial charge in [0.05, 0.1) is 0 Å². The Kier molecular flexibility index (Phi) is 0.734. The van der Waals surface area contributed by atoms with Crippen molar-refractivity contribution < 1.29 is 14.4 Å². The van der Waals surface area contributed by atoms with Crippen LogP contribution in [0.15, 0.2) is 0 Å². The molecule has 0 aromatic heterocycles. The van der Waals surface area contributed by atoms with Gasteiger partial charge in [0.2, 0.25) is 0 Å². The molecule has 0 spiro atoms. The predicted molar refractivity (Wildman–Crippen MR) is 30.1 cm³/mol. The topological polar surface area (TPSA) is 17.1 Å². The standard InChI is InChI=1S/C6H12O/c1-6(2)4-3-5-7/h5-6H,3-4H2,1-2H3/i1D3,2D3,6D. The molecular weight excluding hydrogens is 88.1 g/mol. The summed E-state index contributed by atoms with van der Waals surface area (Å²) in [4.78, 5) is 10.1. The van der Waals surface area contributed by atoms with Crippen LogP contribution in [0, 0.1) is 5.89 Å². The Hall–Kier alpha value is -0.330. The largest absolute Gasteiger partial charge is 0.303 e. The summed E-state index contributed by atoms with van der Waals surface area (Å²) < 4.78 is 49.4. The van der Waals surface area contributed by atoms with Crippen molar-refractivity contribution >= 4 is 6.29 Å². The molecule has 0 atom stereocenters. The Balaban J connectivity index is 4.96. The zero-order valence-corrected chi connectivity index (χ0v) is 3.90. The van der Waals surface area contributed by atoms with Crippen molar-refractivity contribution in [3.05, 3.63) is 0 Å². The van der Waals surface area contributed by atoms with Crippen LogP contribution < -0.4 is 0 Å². The first kappa shape index (κ1) is 1.34. The molecule has 1 nitrogen and oxygen atoms in total. The molecule has 0 aliphatic heterocycles. The third kappa shape index (κ3) is 5.67. The second-order valence-electron chi connectivity index (χ2n) is 1.18. The summed E-state index contributed by atoms with van der Waals surface area (Å²) in [6, 6.07) is 0. The average Bonchev–Trinajstić information content (AvgIpc) is 1.95. The van der Waals surface area contributed by atoms with E-state index in [9.17, 15) is 4.79 Å². The zero-order valence-electron chi connectivity index (χ0n) is 10.9. The third-order valence-corrected chi connectivity index (χ3v) is 0.512. The van der Waals surface area contributed by atoms with Gasteiger partial charge in [0.25, 0.3) is 0 Å². The number of carbonyl (C=O) groups is 1. The normalized spacial score (nSPS) is 29.4. The molecule has 0 radical (unpaired) electrons. The van der Waals surface area contributed by atoms with Gasteiger partial charge in [0, 0.05) is 16.0 Å². The van der Waals surface area contributed by atoms with Gasteiger partial charge in [-0.15, -0.1) is 0 Å². The fourth-order valence-corrected chi connectivity index (χ4v) is 0.203.